The van der Waals surface area contributed by atoms with Crippen LogP contribution in [0.1, 0.15) is 12.8 Å². The summed E-state index contributed by atoms with van der Waals surface area (Å²) in [4.78, 5) is 5.63. The first-order chi connectivity index (χ1) is 12.9. The maximum absolute atomic E-state index is 12.5. The molecule has 1 aromatic rings. The molecule has 1 atom stereocenters. The Morgan fingerprint density at radius 2 is 2.04 bits per heavy atom. The molecule has 2 aliphatic heterocycles. The summed E-state index contributed by atoms with van der Waals surface area (Å²) >= 11 is 0. The van der Waals surface area contributed by atoms with E-state index in [1.165, 1.54) is 4.90 Å². The Bertz CT molecular complexity index is 666. The Morgan fingerprint density at radius 3 is 2.78 bits per heavy atom. The first-order valence-electron chi connectivity index (χ1n) is 9.09. The van der Waals surface area contributed by atoms with Crippen molar-refractivity contribution in [2.45, 2.75) is 19.0 Å². The number of benzene rings is 1. The smallest absolute Gasteiger partial charge is 0.401 e. The second-order valence-electron chi connectivity index (χ2n) is 6.80. The van der Waals surface area contributed by atoms with Crippen molar-refractivity contribution in [2.75, 3.05) is 51.8 Å². The summed E-state index contributed by atoms with van der Waals surface area (Å²) in [6.45, 7) is 1.88. The maximum Gasteiger partial charge on any atom is 0.401 e. The molecule has 1 unspecified atom stereocenters. The average Bonchev–Trinajstić information content (AvgIpc) is 2.91. The summed E-state index contributed by atoms with van der Waals surface area (Å²) in [5.74, 6) is 2.14. The SMILES string of the molecule is CN=C(NCC1CCN(CC(F)(F)F)C1)Nc1ccc2c(c1)OCCCO2. The van der Waals surface area contributed by atoms with Crippen LogP contribution < -0.4 is 20.1 Å². The molecule has 0 bridgehead atoms. The number of nitrogens with zero attached hydrogens (tertiary/aromatic N) is 2. The summed E-state index contributed by atoms with van der Waals surface area (Å²) in [5, 5.41) is 6.38. The zero-order valence-corrected chi connectivity index (χ0v) is 15.3. The van der Waals surface area contributed by atoms with Gasteiger partial charge >= 0.3 is 6.18 Å². The Balaban J connectivity index is 1.50. The van der Waals surface area contributed by atoms with Crippen LogP contribution in [0, 0.1) is 5.92 Å². The zero-order chi connectivity index (χ0) is 19.3. The molecule has 0 radical (unpaired) electrons. The van der Waals surface area contributed by atoms with Crippen molar-refractivity contribution in [3.63, 3.8) is 0 Å². The van der Waals surface area contributed by atoms with Gasteiger partial charge in [0.2, 0.25) is 0 Å². The van der Waals surface area contributed by atoms with E-state index in [-0.39, 0.29) is 5.92 Å². The van der Waals surface area contributed by atoms with Gasteiger partial charge in [0, 0.05) is 38.3 Å². The van der Waals surface area contributed by atoms with Crippen molar-refractivity contribution in [2.24, 2.45) is 10.9 Å². The van der Waals surface area contributed by atoms with Gasteiger partial charge in [0.25, 0.3) is 0 Å². The molecule has 1 saturated heterocycles. The molecule has 0 amide bonds. The molecular formula is C18H25F3N4O2. The number of hydrogen-bond donors (Lipinski definition) is 2. The third-order valence-electron chi connectivity index (χ3n) is 4.56. The fourth-order valence-corrected chi connectivity index (χ4v) is 3.27. The van der Waals surface area contributed by atoms with Gasteiger partial charge < -0.3 is 20.1 Å². The predicted octanol–water partition coefficient (Wildman–Crippen LogP) is 2.72. The van der Waals surface area contributed by atoms with E-state index in [2.05, 4.69) is 15.6 Å². The molecule has 2 aliphatic rings. The van der Waals surface area contributed by atoms with Crippen molar-refractivity contribution in [1.29, 1.82) is 0 Å². The largest absolute Gasteiger partial charge is 0.490 e. The van der Waals surface area contributed by atoms with Crippen LogP contribution in [0.2, 0.25) is 0 Å². The van der Waals surface area contributed by atoms with Gasteiger partial charge in [-0.3, -0.25) is 9.89 Å². The van der Waals surface area contributed by atoms with E-state index in [0.717, 1.165) is 24.3 Å². The van der Waals surface area contributed by atoms with Crippen LogP contribution in [-0.4, -0.2) is 63.5 Å². The fourth-order valence-electron chi connectivity index (χ4n) is 3.27. The second kappa shape index (κ2) is 8.69. The van der Waals surface area contributed by atoms with Gasteiger partial charge in [-0.2, -0.15) is 13.2 Å². The molecule has 150 valence electrons. The maximum atomic E-state index is 12.5. The zero-order valence-electron chi connectivity index (χ0n) is 15.3. The number of alkyl halides is 3. The monoisotopic (exact) mass is 386 g/mol. The van der Waals surface area contributed by atoms with Gasteiger partial charge in [0.05, 0.1) is 19.8 Å². The number of halogens is 3. The Labute approximate surface area is 156 Å². The molecule has 0 aliphatic carbocycles. The van der Waals surface area contributed by atoms with Gasteiger partial charge in [0.15, 0.2) is 17.5 Å². The van der Waals surface area contributed by atoms with E-state index >= 15 is 0 Å². The number of ether oxygens (including phenoxy) is 2. The number of aliphatic imine (C=N–C) groups is 1. The topological polar surface area (TPSA) is 58.1 Å². The Morgan fingerprint density at radius 1 is 1.26 bits per heavy atom. The highest BCUT2D eigenvalue weighted by atomic mass is 19.4. The number of guanidine groups is 1. The van der Waals surface area contributed by atoms with Crippen LogP contribution in [0.25, 0.3) is 0 Å². The van der Waals surface area contributed by atoms with Gasteiger partial charge in [-0.05, 0) is 31.0 Å². The lowest BCUT2D eigenvalue weighted by atomic mass is 10.1. The van der Waals surface area contributed by atoms with E-state index in [1.54, 1.807) is 7.05 Å². The number of fused-ring (bicyclic) bond motifs is 1. The number of hydrogen-bond acceptors (Lipinski definition) is 4. The van der Waals surface area contributed by atoms with Crippen LogP contribution in [0.15, 0.2) is 23.2 Å². The average molecular weight is 386 g/mol. The van der Waals surface area contributed by atoms with E-state index in [0.29, 0.717) is 44.6 Å². The fraction of sp³-hybridized carbons (Fsp3) is 0.611. The second-order valence-corrected chi connectivity index (χ2v) is 6.80. The van der Waals surface area contributed by atoms with Crippen molar-refractivity contribution in [3.8, 4) is 11.5 Å². The number of nitrogens with one attached hydrogen (secondary N) is 2. The van der Waals surface area contributed by atoms with Crippen molar-refractivity contribution in [3.05, 3.63) is 18.2 Å². The summed E-state index contributed by atoms with van der Waals surface area (Å²) in [6, 6.07) is 5.58. The molecule has 0 spiro atoms. The number of rotatable bonds is 4. The van der Waals surface area contributed by atoms with E-state index in [1.807, 2.05) is 18.2 Å². The van der Waals surface area contributed by atoms with Gasteiger partial charge in [-0.15, -0.1) is 0 Å². The molecule has 0 aromatic heterocycles. The molecular weight excluding hydrogens is 361 g/mol. The van der Waals surface area contributed by atoms with Gasteiger partial charge in [0.1, 0.15) is 0 Å². The minimum atomic E-state index is -4.14. The van der Waals surface area contributed by atoms with Crippen molar-refractivity contribution < 1.29 is 22.6 Å². The van der Waals surface area contributed by atoms with Crippen molar-refractivity contribution >= 4 is 11.6 Å². The first-order valence-corrected chi connectivity index (χ1v) is 9.09. The molecule has 3 rings (SSSR count). The Kier molecular flexibility index (Phi) is 6.30. The molecule has 0 saturated carbocycles. The lowest BCUT2D eigenvalue weighted by Gasteiger charge is -2.19. The molecule has 9 heteroatoms. The van der Waals surface area contributed by atoms with Crippen molar-refractivity contribution in [1.82, 2.24) is 10.2 Å². The molecule has 1 fully saturated rings. The van der Waals surface area contributed by atoms with Crippen LogP contribution >= 0.6 is 0 Å². The summed E-state index contributed by atoms with van der Waals surface area (Å²) in [7, 11) is 1.66. The molecule has 1 aromatic carbocycles. The van der Waals surface area contributed by atoms with Crippen LogP contribution in [-0.2, 0) is 0 Å². The quantitative estimate of drug-likeness (QED) is 0.616. The predicted molar refractivity (Wildman–Crippen MR) is 97.6 cm³/mol. The minimum Gasteiger partial charge on any atom is -0.490 e. The molecule has 2 N–H and O–H groups in total. The minimum absolute atomic E-state index is 0.162. The third kappa shape index (κ3) is 5.92. The first kappa shape index (κ1) is 19.6. The van der Waals surface area contributed by atoms with Crippen LogP contribution in [0.4, 0.5) is 18.9 Å². The normalized spacial score (nSPS) is 21.0. The summed E-state index contributed by atoms with van der Waals surface area (Å²) in [5.41, 5.74) is 0.803. The summed E-state index contributed by atoms with van der Waals surface area (Å²) < 4.78 is 48.7. The highest BCUT2D eigenvalue weighted by Gasteiger charge is 2.34. The highest BCUT2D eigenvalue weighted by Crippen LogP contribution is 2.32. The number of likely N-dealkylation sites (tertiary alicyclic amines) is 1. The van der Waals surface area contributed by atoms with E-state index in [4.69, 9.17) is 9.47 Å². The lowest BCUT2D eigenvalue weighted by Crippen LogP contribution is -2.37. The lowest BCUT2D eigenvalue weighted by molar-refractivity contribution is -0.143. The highest BCUT2D eigenvalue weighted by molar-refractivity contribution is 5.93. The van der Waals surface area contributed by atoms with Gasteiger partial charge in [-0.1, -0.05) is 0 Å². The van der Waals surface area contributed by atoms with E-state index in [9.17, 15) is 13.2 Å². The molecule has 2 heterocycles. The third-order valence-corrected chi connectivity index (χ3v) is 4.56. The van der Waals surface area contributed by atoms with E-state index < -0.39 is 12.7 Å². The number of anilines is 1. The van der Waals surface area contributed by atoms with Crippen LogP contribution in [0.3, 0.4) is 0 Å². The summed E-state index contributed by atoms with van der Waals surface area (Å²) in [6.07, 6.45) is -2.56. The molecule has 6 nitrogen and oxygen atoms in total. The standard InChI is InChI=1S/C18H25F3N4O2/c1-22-17(23-10-13-5-6-25(11-13)12-18(19,20)21)24-14-3-4-15-16(9-14)27-8-2-7-26-15/h3-4,9,13H,2,5-8,10-12H2,1H3,(H2,22,23,24). The molecule has 27 heavy (non-hydrogen) atoms. The van der Waals surface area contributed by atoms with Gasteiger partial charge in [-0.25, -0.2) is 0 Å². The Hall–Kier alpha value is -2.16. The van der Waals surface area contributed by atoms with Crippen LogP contribution in [0.5, 0.6) is 11.5 Å².